The smallest absolute Gasteiger partial charge is 1.00 e. The third-order valence-electron chi connectivity index (χ3n) is 3.48. The summed E-state index contributed by atoms with van der Waals surface area (Å²) < 4.78 is 45.1. The summed E-state index contributed by atoms with van der Waals surface area (Å²) in [4.78, 5) is 12.3. The molecule has 4 nitrogen and oxygen atoms in total. The molecule has 2 aromatic carbocycles. The molecule has 9 heteroatoms. The topological polar surface area (TPSA) is 49.8 Å². The summed E-state index contributed by atoms with van der Waals surface area (Å²) in [6.07, 6.45) is -4.60. The molecule has 0 aliphatic heterocycles. The summed E-state index contributed by atoms with van der Waals surface area (Å²) in [6.45, 7) is -0.350. The van der Waals surface area contributed by atoms with Gasteiger partial charge < -0.3 is 16.2 Å². The molecule has 0 unspecified atom stereocenters. The van der Waals surface area contributed by atoms with Gasteiger partial charge in [0.25, 0.3) is 0 Å². The fourth-order valence-corrected chi connectivity index (χ4v) is 2.71. The maximum Gasteiger partial charge on any atom is 1.00 e. The molecule has 0 aromatic heterocycles. The van der Waals surface area contributed by atoms with Crippen molar-refractivity contribution in [1.82, 2.24) is 4.90 Å². The molecule has 130 valence electrons. The van der Waals surface area contributed by atoms with E-state index in [1.54, 1.807) is 6.07 Å². The van der Waals surface area contributed by atoms with Gasteiger partial charge in [0, 0.05) is 12.6 Å². The quantitative estimate of drug-likeness (QED) is 0.624. The van der Waals surface area contributed by atoms with Crippen LogP contribution in [0.1, 0.15) is 12.6 Å². The number of likely N-dealkylation sites (N-methyl/N-ethyl adjacent to an activating group) is 1. The number of rotatable bonds is 4. The standard InChI is InChI=1S/C16H14F3NO3S.Na.H/c1-20(8-13(21)22)15(24)11-5-3-4-10-9(11)6-7-12(23-2)14(10)16(17,18)19;;/h3-7H,8H2,1-2H3,(H,21,22);;/q;+1;-1. The number of nitrogens with zero attached hydrogens (tertiary/aromatic N) is 1. The summed E-state index contributed by atoms with van der Waals surface area (Å²) in [5, 5.41) is 9.08. The SMILES string of the molecule is COc1ccc2c(C(=S)N(C)CC(=O)O)cccc2c1C(F)(F)F.[H-].[Na+]. The average molecular weight is 381 g/mol. The van der Waals surface area contributed by atoms with Gasteiger partial charge in [-0.1, -0.05) is 30.4 Å². The van der Waals surface area contributed by atoms with E-state index in [9.17, 15) is 18.0 Å². The molecule has 0 spiro atoms. The minimum Gasteiger partial charge on any atom is -1.00 e. The normalized spacial score (nSPS) is 10.9. The van der Waals surface area contributed by atoms with Gasteiger partial charge in [-0.15, -0.1) is 0 Å². The van der Waals surface area contributed by atoms with E-state index in [2.05, 4.69) is 0 Å². The molecule has 2 rings (SSSR count). The Balaban J connectivity index is 0.00000312. The van der Waals surface area contributed by atoms with Gasteiger partial charge in [-0.2, -0.15) is 13.2 Å². The first kappa shape index (κ1) is 21.7. The summed E-state index contributed by atoms with van der Waals surface area (Å²) in [6, 6.07) is 7.07. The molecule has 0 atom stereocenters. The van der Waals surface area contributed by atoms with Crippen LogP contribution in [0.25, 0.3) is 10.8 Å². The number of carboxylic acid groups (broad SMARTS) is 1. The van der Waals surface area contributed by atoms with E-state index in [1.165, 1.54) is 43.3 Å². The molecule has 0 radical (unpaired) electrons. The first-order valence-corrected chi connectivity index (χ1v) is 7.21. The van der Waals surface area contributed by atoms with Crippen LogP contribution in [0.15, 0.2) is 30.3 Å². The van der Waals surface area contributed by atoms with Crippen LogP contribution in [-0.2, 0) is 11.0 Å². The van der Waals surface area contributed by atoms with Crippen molar-refractivity contribution in [3.8, 4) is 5.75 Å². The third-order valence-corrected chi connectivity index (χ3v) is 4.01. The summed E-state index contributed by atoms with van der Waals surface area (Å²) >= 11 is 5.24. The first-order valence-electron chi connectivity index (χ1n) is 6.81. The third kappa shape index (κ3) is 4.63. The number of fused-ring (bicyclic) bond motifs is 1. The van der Waals surface area contributed by atoms with Crippen molar-refractivity contribution in [2.24, 2.45) is 0 Å². The molecule has 0 saturated heterocycles. The zero-order chi connectivity index (χ0) is 18.1. The molecule has 0 saturated carbocycles. The fourth-order valence-electron chi connectivity index (χ4n) is 2.47. The van der Waals surface area contributed by atoms with Crippen LogP contribution in [0.2, 0.25) is 0 Å². The van der Waals surface area contributed by atoms with Gasteiger partial charge in [-0.05, 0) is 22.9 Å². The monoisotopic (exact) mass is 381 g/mol. The Kier molecular flexibility index (Phi) is 7.25. The molecular weight excluding hydrogens is 366 g/mol. The molecule has 0 aliphatic carbocycles. The Morgan fingerprint density at radius 2 is 1.92 bits per heavy atom. The Morgan fingerprint density at radius 3 is 2.44 bits per heavy atom. The van der Waals surface area contributed by atoms with E-state index in [1.807, 2.05) is 0 Å². The van der Waals surface area contributed by atoms with E-state index < -0.39 is 17.7 Å². The summed E-state index contributed by atoms with van der Waals surface area (Å²) in [7, 11) is 2.65. The van der Waals surface area contributed by atoms with Crippen molar-refractivity contribution in [3.63, 3.8) is 0 Å². The van der Waals surface area contributed by atoms with E-state index in [0.717, 1.165) is 0 Å². The van der Waals surface area contributed by atoms with Gasteiger partial charge in [-0.3, -0.25) is 4.79 Å². The van der Waals surface area contributed by atoms with Gasteiger partial charge in [0.2, 0.25) is 0 Å². The number of hydrogen-bond acceptors (Lipinski definition) is 3. The Morgan fingerprint density at radius 1 is 1.28 bits per heavy atom. The van der Waals surface area contributed by atoms with E-state index >= 15 is 0 Å². The van der Waals surface area contributed by atoms with Crippen LogP contribution in [0.5, 0.6) is 5.75 Å². The second kappa shape index (κ2) is 8.35. The molecule has 0 bridgehead atoms. The van der Waals surface area contributed by atoms with Crippen molar-refractivity contribution in [2.75, 3.05) is 20.7 Å². The Labute approximate surface area is 171 Å². The van der Waals surface area contributed by atoms with Gasteiger partial charge in [0.15, 0.2) is 0 Å². The van der Waals surface area contributed by atoms with Gasteiger partial charge in [0.1, 0.15) is 22.8 Å². The van der Waals surface area contributed by atoms with Gasteiger partial charge in [-0.25, -0.2) is 0 Å². The molecule has 0 aliphatic rings. The number of thiocarbonyl (C=S) groups is 1. The van der Waals surface area contributed by atoms with Gasteiger partial charge >= 0.3 is 41.7 Å². The molecular formula is C16H15F3NNaO3S. The number of carbonyl (C=O) groups is 1. The van der Waals surface area contributed by atoms with Crippen LogP contribution in [0.3, 0.4) is 0 Å². The number of aliphatic carboxylic acids is 1. The number of alkyl halides is 3. The van der Waals surface area contributed by atoms with E-state index in [4.69, 9.17) is 22.1 Å². The molecule has 2 aromatic rings. The van der Waals surface area contributed by atoms with Crippen molar-refractivity contribution in [3.05, 3.63) is 41.5 Å². The number of ether oxygens (including phenoxy) is 1. The molecule has 0 heterocycles. The van der Waals surface area contributed by atoms with Crippen molar-refractivity contribution in [2.45, 2.75) is 6.18 Å². The summed E-state index contributed by atoms with van der Waals surface area (Å²) in [5.74, 6) is -1.37. The Bertz CT molecular complexity index is 817. The zero-order valence-corrected chi connectivity index (χ0v) is 16.7. The second-order valence-electron chi connectivity index (χ2n) is 5.10. The maximum atomic E-state index is 13.4. The van der Waals surface area contributed by atoms with Crippen LogP contribution >= 0.6 is 12.2 Å². The largest absolute Gasteiger partial charge is 1.00 e. The number of benzene rings is 2. The molecule has 0 amide bonds. The number of methoxy groups -OCH3 is 1. The predicted molar refractivity (Wildman–Crippen MR) is 88.6 cm³/mol. The fraction of sp³-hybridized carbons (Fsp3) is 0.250. The predicted octanol–water partition coefficient (Wildman–Crippen LogP) is 0.676. The van der Waals surface area contributed by atoms with E-state index in [0.29, 0.717) is 5.56 Å². The number of halogens is 3. The van der Waals surface area contributed by atoms with Crippen LogP contribution in [0.4, 0.5) is 13.2 Å². The molecule has 1 N–H and O–H groups in total. The van der Waals surface area contributed by atoms with Crippen LogP contribution in [0, 0.1) is 0 Å². The van der Waals surface area contributed by atoms with Crippen molar-refractivity contribution < 1.29 is 58.8 Å². The first-order chi connectivity index (χ1) is 11.2. The molecule has 0 fully saturated rings. The van der Waals surface area contributed by atoms with Crippen molar-refractivity contribution >= 4 is 33.9 Å². The van der Waals surface area contributed by atoms with Gasteiger partial charge in [0.05, 0.1) is 7.11 Å². The van der Waals surface area contributed by atoms with Crippen LogP contribution in [-0.4, -0.2) is 41.7 Å². The summed E-state index contributed by atoms with van der Waals surface area (Å²) in [5.41, 5.74) is -0.521. The average Bonchev–Trinajstić information content (AvgIpc) is 2.50. The zero-order valence-electron chi connectivity index (χ0n) is 14.8. The Hall–Kier alpha value is -1.35. The molecule has 25 heavy (non-hydrogen) atoms. The number of hydrogen-bond donors (Lipinski definition) is 1. The van der Waals surface area contributed by atoms with Crippen LogP contribution < -0.4 is 34.3 Å². The second-order valence-corrected chi connectivity index (χ2v) is 5.48. The maximum absolute atomic E-state index is 13.4. The minimum atomic E-state index is -4.60. The van der Waals surface area contributed by atoms with Crippen molar-refractivity contribution in [1.29, 1.82) is 0 Å². The van der Waals surface area contributed by atoms with E-state index in [-0.39, 0.29) is 59.0 Å². The minimum absolute atomic E-state index is 0. The number of carboxylic acids is 1.